The summed E-state index contributed by atoms with van der Waals surface area (Å²) in [6.07, 6.45) is 2.81. The largest absolute Gasteiger partial charge is 0.339 e. The average molecular weight is 245 g/mol. The van der Waals surface area contributed by atoms with Crippen LogP contribution in [0.25, 0.3) is 0 Å². The van der Waals surface area contributed by atoms with Crippen LogP contribution in [-0.2, 0) is 4.79 Å². The van der Waals surface area contributed by atoms with Crippen molar-refractivity contribution >= 4 is 11.7 Å². The van der Waals surface area contributed by atoms with Gasteiger partial charge in [0.1, 0.15) is 5.78 Å². The van der Waals surface area contributed by atoms with Gasteiger partial charge in [-0.15, -0.1) is 0 Å². The summed E-state index contributed by atoms with van der Waals surface area (Å²) in [6.45, 7) is 2.00. The van der Waals surface area contributed by atoms with Gasteiger partial charge in [0.2, 0.25) is 0 Å². The first-order valence-corrected chi connectivity index (χ1v) is 6.43. The molecule has 1 fully saturated rings. The third-order valence-corrected chi connectivity index (χ3v) is 3.68. The standard InChI is InChI=1S/C15H19NO2/c1-11-3-5-12(6-4-11)15(18)16(2)13-7-9-14(17)10-8-13/h3-6,13H,7-10H2,1-2H3. The lowest BCUT2D eigenvalue weighted by Crippen LogP contribution is -2.39. The molecule has 0 bridgehead atoms. The van der Waals surface area contributed by atoms with E-state index in [-0.39, 0.29) is 11.9 Å². The molecule has 0 aromatic heterocycles. The molecule has 0 N–H and O–H groups in total. The van der Waals surface area contributed by atoms with Gasteiger partial charge < -0.3 is 4.90 Å². The highest BCUT2D eigenvalue weighted by Gasteiger charge is 2.25. The Morgan fingerprint density at radius 2 is 1.72 bits per heavy atom. The number of benzene rings is 1. The van der Waals surface area contributed by atoms with Crippen LogP contribution in [0.4, 0.5) is 0 Å². The van der Waals surface area contributed by atoms with Crippen LogP contribution in [0, 0.1) is 6.92 Å². The molecule has 2 rings (SSSR count). The van der Waals surface area contributed by atoms with Gasteiger partial charge in [-0.3, -0.25) is 9.59 Å². The van der Waals surface area contributed by atoms with Gasteiger partial charge in [-0.2, -0.15) is 0 Å². The van der Waals surface area contributed by atoms with Crippen molar-refractivity contribution < 1.29 is 9.59 Å². The number of nitrogens with zero attached hydrogens (tertiary/aromatic N) is 1. The van der Waals surface area contributed by atoms with Gasteiger partial charge in [-0.1, -0.05) is 17.7 Å². The molecule has 0 aliphatic heterocycles. The smallest absolute Gasteiger partial charge is 0.253 e. The van der Waals surface area contributed by atoms with Crippen LogP contribution >= 0.6 is 0 Å². The number of rotatable bonds is 2. The second-order valence-electron chi connectivity index (χ2n) is 5.05. The van der Waals surface area contributed by atoms with E-state index in [2.05, 4.69) is 0 Å². The number of Topliss-reactive ketones (excluding diaryl/α,β-unsaturated/α-hetero) is 1. The molecule has 3 heteroatoms. The molecule has 1 amide bonds. The van der Waals surface area contributed by atoms with E-state index in [9.17, 15) is 9.59 Å². The Morgan fingerprint density at radius 1 is 1.17 bits per heavy atom. The molecule has 1 aromatic carbocycles. The summed E-state index contributed by atoms with van der Waals surface area (Å²) in [5, 5.41) is 0. The molecule has 0 heterocycles. The van der Waals surface area contributed by atoms with E-state index in [0.717, 1.165) is 24.0 Å². The van der Waals surface area contributed by atoms with Crippen molar-refractivity contribution in [2.45, 2.75) is 38.6 Å². The van der Waals surface area contributed by atoms with Gasteiger partial charge in [0.15, 0.2) is 0 Å². The molecule has 18 heavy (non-hydrogen) atoms. The molecule has 1 aromatic rings. The molecule has 1 aliphatic carbocycles. The topological polar surface area (TPSA) is 37.4 Å². The Kier molecular flexibility index (Phi) is 3.80. The summed E-state index contributed by atoms with van der Waals surface area (Å²) in [5.74, 6) is 0.372. The Balaban J connectivity index is 2.04. The Morgan fingerprint density at radius 3 is 2.28 bits per heavy atom. The third-order valence-electron chi connectivity index (χ3n) is 3.68. The third kappa shape index (κ3) is 2.78. The van der Waals surface area contributed by atoms with Crippen LogP contribution < -0.4 is 0 Å². The molecule has 3 nitrogen and oxygen atoms in total. The molecule has 0 atom stereocenters. The number of carbonyl (C=O) groups excluding carboxylic acids is 2. The van der Waals surface area contributed by atoms with E-state index in [1.165, 1.54) is 0 Å². The van der Waals surface area contributed by atoms with Crippen LogP contribution in [0.1, 0.15) is 41.6 Å². The van der Waals surface area contributed by atoms with Crippen LogP contribution in [0.3, 0.4) is 0 Å². The second kappa shape index (κ2) is 5.34. The molecular formula is C15H19NO2. The summed E-state index contributed by atoms with van der Waals surface area (Å²) in [6, 6.07) is 7.83. The molecular weight excluding hydrogens is 226 g/mol. The maximum Gasteiger partial charge on any atom is 0.253 e. The fourth-order valence-electron chi connectivity index (χ4n) is 2.38. The SMILES string of the molecule is Cc1ccc(C(=O)N(C)C2CCC(=O)CC2)cc1. The molecule has 1 aliphatic rings. The minimum atomic E-state index is 0.0503. The van der Waals surface area contributed by atoms with E-state index in [1.807, 2.05) is 38.2 Å². The highest BCUT2D eigenvalue weighted by atomic mass is 16.2. The predicted molar refractivity (Wildman–Crippen MR) is 70.5 cm³/mol. The number of amides is 1. The van der Waals surface area contributed by atoms with Crippen molar-refractivity contribution in [3.05, 3.63) is 35.4 Å². The van der Waals surface area contributed by atoms with Gasteiger partial charge in [0, 0.05) is 31.5 Å². The number of carbonyl (C=O) groups is 2. The zero-order valence-corrected chi connectivity index (χ0v) is 11.0. The molecule has 0 unspecified atom stereocenters. The van der Waals surface area contributed by atoms with Crippen molar-refractivity contribution in [1.29, 1.82) is 0 Å². The van der Waals surface area contributed by atoms with E-state index in [0.29, 0.717) is 18.6 Å². The second-order valence-corrected chi connectivity index (χ2v) is 5.05. The van der Waals surface area contributed by atoms with Crippen molar-refractivity contribution in [2.24, 2.45) is 0 Å². The normalized spacial score (nSPS) is 16.7. The number of aryl methyl sites for hydroxylation is 1. The van der Waals surface area contributed by atoms with Crippen LogP contribution in [-0.4, -0.2) is 29.7 Å². The summed E-state index contributed by atoms with van der Waals surface area (Å²) < 4.78 is 0. The van der Waals surface area contributed by atoms with E-state index in [4.69, 9.17) is 0 Å². The number of hydrogen-bond acceptors (Lipinski definition) is 2. The zero-order valence-electron chi connectivity index (χ0n) is 11.0. The van der Waals surface area contributed by atoms with E-state index in [1.54, 1.807) is 4.90 Å². The first-order valence-electron chi connectivity index (χ1n) is 6.43. The monoisotopic (exact) mass is 245 g/mol. The Labute approximate surface area is 108 Å². The van der Waals surface area contributed by atoms with Crippen LogP contribution in [0.5, 0.6) is 0 Å². The maximum absolute atomic E-state index is 12.3. The van der Waals surface area contributed by atoms with Gasteiger partial charge in [-0.25, -0.2) is 0 Å². The molecule has 96 valence electrons. The van der Waals surface area contributed by atoms with Crippen molar-refractivity contribution in [3.8, 4) is 0 Å². The molecule has 0 radical (unpaired) electrons. The fourth-order valence-corrected chi connectivity index (χ4v) is 2.38. The van der Waals surface area contributed by atoms with Gasteiger partial charge in [0.25, 0.3) is 5.91 Å². The maximum atomic E-state index is 12.3. The van der Waals surface area contributed by atoms with Gasteiger partial charge in [-0.05, 0) is 31.9 Å². The summed E-state index contributed by atoms with van der Waals surface area (Å²) in [4.78, 5) is 25.3. The summed E-state index contributed by atoms with van der Waals surface area (Å²) in [7, 11) is 1.84. The van der Waals surface area contributed by atoms with Crippen LogP contribution in [0.2, 0.25) is 0 Å². The lowest BCUT2D eigenvalue weighted by atomic mass is 9.93. The quantitative estimate of drug-likeness (QED) is 0.803. The number of ketones is 1. The van der Waals surface area contributed by atoms with Crippen molar-refractivity contribution in [1.82, 2.24) is 4.90 Å². The lowest BCUT2D eigenvalue weighted by molar-refractivity contribution is -0.121. The molecule has 0 spiro atoms. The van der Waals surface area contributed by atoms with Crippen molar-refractivity contribution in [3.63, 3.8) is 0 Å². The lowest BCUT2D eigenvalue weighted by Gasteiger charge is -2.30. The number of hydrogen-bond donors (Lipinski definition) is 0. The zero-order chi connectivity index (χ0) is 13.1. The van der Waals surface area contributed by atoms with Gasteiger partial charge >= 0.3 is 0 Å². The predicted octanol–water partition coefficient (Wildman–Crippen LogP) is 2.58. The first kappa shape index (κ1) is 12.8. The van der Waals surface area contributed by atoms with E-state index < -0.39 is 0 Å². The molecule has 0 saturated heterocycles. The highest BCUT2D eigenvalue weighted by molar-refractivity contribution is 5.94. The highest BCUT2D eigenvalue weighted by Crippen LogP contribution is 2.21. The van der Waals surface area contributed by atoms with Crippen LogP contribution in [0.15, 0.2) is 24.3 Å². The first-order chi connectivity index (χ1) is 8.58. The average Bonchev–Trinajstić information content (AvgIpc) is 2.39. The minimum absolute atomic E-state index is 0.0503. The molecule has 1 saturated carbocycles. The Hall–Kier alpha value is -1.64. The Bertz CT molecular complexity index is 440. The fraction of sp³-hybridized carbons (Fsp3) is 0.467. The van der Waals surface area contributed by atoms with E-state index >= 15 is 0 Å². The summed E-state index contributed by atoms with van der Waals surface area (Å²) in [5.41, 5.74) is 1.87. The minimum Gasteiger partial charge on any atom is -0.339 e. The van der Waals surface area contributed by atoms with Crippen molar-refractivity contribution in [2.75, 3.05) is 7.05 Å². The van der Waals surface area contributed by atoms with Gasteiger partial charge in [0.05, 0.1) is 0 Å². The summed E-state index contributed by atoms with van der Waals surface area (Å²) >= 11 is 0.